The fraction of sp³-hybridized carbons (Fsp3) is 0.878. The van der Waals surface area contributed by atoms with E-state index < -0.39 is 36.9 Å². The Morgan fingerprint density at radius 2 is 0.894 bits per heavy atom. The summed E-state index contributed by atoms with van der Waals surface area (Å²) in [5.74, 6) is -0.597. The van der Waals surface area contributed by atoms with E-state index >= 15 is 0 Å². The number of aliphatic hydroxyl groups is 4. The number of nitrogens with one attached hydrogen (secondary N) is 1. The second-order valence-electron chi connectivity index (χ2n) is 14.0. The fourth-order valence-electron chi connectivity index (χ4n) is 6.11. The standard InChI is InChI=1S/C41H79NO5/c1-3-5-7-9-11-13-15-16-17-18-19-20-21-22-23-25-27-29-31-33-35-39(45)41(47)42-37(36-43)40(46)38(44)34-32-30-28-26-24-14-12-10-8-6-4-2/h10,12,26,28,37-40,43-46H,3-9,11,13-25,27,29-36H2,1-2H3,(H,42,47)/b12-10+,28-26+. The van der Waals surface area contributed by atoms with Gasteiger partial charge in [0.1, 0.15) is 12.2 Å². The molecule has 0 aliphatic carbocycles. The minimum atomic E-state index is -1.28. The molecule has 0 saturated carbocycles. The van der Waals surface area contributed by atoms with Gasteiger partial charge < -0.3 is 25.7 Å². The highest BCUT2D eigenvalue weighted by atomic mass is 16.3. The third kappa shape index (κ3) is 30.6. The van der Waals surface area contributed by atoms with Gasteiger partial charge in [0, 0.05) is 0 Å². The van der Waals surface area contributed by atoms with Gasteiger partial charge in [-0.2, -0.15) is 0 Å². The van der Waals surface area contributed by atoms with Crippen molar-refractivity contribution in [3.8, 4) is 0 Å². The number of carbonyl (C=O) groups excluding carboxylic acids is 1. The van der Waals surface area contributed by atoms with Crippen molar-refractivity contribution in [3.63, 3.8) is 0 Å². The van der Waals surface area contributed by atoms with Gasteiger partial charge in [-0.1, -0.05) is 179 Å². The number of hydrogen-bond acceptors (Lipinski definition) is 5. The van der Waals surface area contributed by atoms with Crippen molar-refractivity contribution >= 4 is 5.91 Å². The molecule has 6 nitrogen and oxygen atoms in total. The Kier molecular flexibility index (Phi) is 35.2. The van der Waals surface area contributed by atoms with Crippen LogP contribution in [0.2, 0.25) is 0 Å². The van der Waals surface area contributed by atoms with E-state index in [0.29, 0.717) is 19.3 Å². The molecule has 4 unspecified atom stereocenters. The summed E-state index contributed by atoms with van der Waals surface area (Å²) in [6.07, 6.45) is 39.3. The van der Waals surface area contributed by atoms with E-state index in [9.17, 15) is 25.2 Å². The molecule has 47 heavy (non-hydrogen) atoms. The highest BCUT2D eigenvalue weighted by molar-refractivity contribution is 5.80. The second kappa shape index (κ2) is 36.1. The molecule has 0 bridgehead atoms. The minimum absolute atomic E-state index is 0.364. The molecule has 0 aliphatic rings. The average molecular weight is 666 g/mol. The number of amides is 1. The third-order valence-electron chi connectivity index (χ3n) is 9.39. The number of allylic oxidation sites excluding steroid dienone is 4. The van der Waals surface area contributed by atoms with Gasteiger partial charge in [0.05, 0.1) is 18.8 Å². The second-order valence-corrected chi connectivity index (χ2v) is 14.0. The van der Waals surface area contributed by atoms with Crippen LogP contribution in [0.15, 0.2) is 24.3 Å². The fourth-order valence-corrected chi connectivity index (χ4v) is 6.11. The molecule has 0 aromatic carbocycles. The Labute approximate surface area is 291 Å². The largest absolute Gasteiger partial charge is 0.394 e. The van der Waals surface area contributed by atoms with E-state index in [1.54, 1.807) is 0 Å². The van der Waals surface area contributed by atoms with Gasteiger partial charge in [-0.15, -0.1) is 0 Å². The molecule has 278 valence electrons. The van der Waals surface area contributed by atoms with Crippen molar-refractivity contribution < 1.29 is 25.2 Å². The van der Waals surface area contributed by atoms with Crippen LogP contribution in [0.4, 0.5) is 0 Å². The summed E-state index contributed by atoms with van der Waals surface area (Å²) in [5, 5.41) is 43.4. The smallest absolute Gasteiger partial charge is 0.249 e. The van der Waals surface area contributed by atoms with Crippen LogP contribution in [0, 0.1) is 0 Å². The number of rotatable bonds is 36. The van der Waals surface area contributed by atoms with E-state index in [4.69, 9.17) is 0 Å². The van der Waals surface area contributed by atoms with Gasteiger partial charge in [0.2, 0.25) is 5.91 Å². The van der Waals surface area contributed by atoms with E-state index in [2.05, 4.69) is 43.5 Å². The number of unbranched alkanes of at least 4 members (excludes halogenated alkanes) is 23. The molecule has 1 amide bonds. The van der Waals surface area contributed by atoms with Crippen LogP contribution < -0.4 is 5.32 Å². The summed E-state index contributed by atoms with van der Waals surface area (Å²) in [6, 6.07) is -1.00. The zero-order valence-corrected chi connectivity index (χ0v) is 31.0. The van der Waals surface area contributed by atoms with Crippen LogP contribution >= 0.6 is 0 Å². The zero-order chi connectivity index (χ0) is 34.6. The first kappa shape index (κ1) is 45.8. The van der Waals surface area contributed by atoms with Crippen LogP contribution in [0.25, 0.3) is 0 Å². The lowest BCUT2D eigenvalue weighted by atomic mass is 10.00. The van der Waals surface area contributed by atoms with Crippen molar-refractivity contribution in [2.24, 2.45) is 0 Å². The minimum Gasteiger partial charge on any atom is -0.394 e. The lowest BCUT2D eigenvalue weighted by Crippen LogP contribution is -2.53. The molecule has 0 rings (SSSR count). The van der Waals surface area contributed by atoms with Gasteiger partial charge >= 0.3 is 0 Å². The Morgan fingerprint density at radius 1 is 0.511 bits per heavy atom. The number of carbonyl (C=O) groups is 1. The maximum Gasteiger partial charge on any atom is 0.249 e. The molecule has 5 N–H and O–H groups in total. The maximum absolute atomic E-state index is 12.5. The van der Waals surface area contributed by atoms with Gasteiger partial charge in [-0.05, 0) is 44.9 Å². The Hall–Kier alpha value is -1.21. The quantitative estimate of drug-likeness (QED) is 0.0338. The SMILES string of the molecule is CCCC/C=C/CC/C=C/CCCC(O)C(O)C(CO)NC(=O)C(O)CCCCCCCCCCCCCCCCCCCCCC. The maximum atomic E-state index is 12.5. The first-order chi connectivity index (χ1) is 23.0. The van der Waals surface area contributed by atoms with Gasteiger partial charge in [-0.3, -0.25) is 4.79 Å². The number of hydrogen-bond donors (Lipinski definition) is 5. The molecule has 0 spiro atoms. The van der Waals surface area contributed by atoms with Gasteiger partial charge in [0.25, 0.3) is 0 Å². The van der Waals surface area contributed by atoms with E-state index in [0.717, 1.165) is 44.9 Å². The Balaban J connectivity index is 3.75. The van der Waals surface area contributed by atoms with Crippen LogP contribution in [-0.4, -0.2) is 57.3 Å². The average Bonchev–Trinajstić information content (AvgIpc) is 3.07. The monoisotopic (exact) mass is 666 g/mol. The summed E-state index contributed by atoms with van der Waals surface area (Å²) in [6.45, 7) is 3.98. The predicted octanol–water partition coefficient (Wildman–Crippen LogP) is 10.0. The normalized spacial score (nSPS) is 14.6. The highest BCUT2D eigenvalue weighted by Crippen LogP contribution is 2.16. The van der Waals surface area contributed by atoms with E-state index in [1.807, 2.05) is 0 Å². The lowest BCUT2D eigenvalue weighted by molar-refractivity contribution is -0.132. The summed E-state index contributed by atoms with van der Waals surface area (Å²) in [7, 11) is 0. The molecule has 0 aliphatic heterocycles. The highest BCUT2D eigenvalue weighted by Gasteiger charge is 2.28. The van der Waals surface area contributed by atoms with Crippen LogP contribution in [0.5, 0.6) is 0 Å². The van der Waals surface area contributed by atoms with Crippen molar-refractivity contribution in [1.29, 1.82) is 0 Å². The summed E-state index contributed by atoms with van der Waals surface area (Å²) >= 11 is 0. The van der Waals surface area contributed by atoms with Crippen LogP contribution in [0.1, 0.15) is 200 Å². The predicted molar refractivity (Wildman–Crippen MR) is 201 cm³/mol. The lowest BCUT2D eigenvalue weighted by Gasteiger charge is -2.27. The van der Waals surface area contributed by atoms with Crippen LogP contribution in [0.3, 0.4) is 0 Å². The summed E-state index contributed by atoms with van der Waals surface area (Å²) in [4.78, 5) is 12.5. The first-order valence-corrected chi connectivity index (χ1v) is 20.2. The van der Waals surface area contributed by atoms with Crippen molar-refractivity contribution in [3.05, 3.63) is 24.3 Å². The molecule has 0 saturated heterocycles. The van der Waals surface area contributed by atoms with Crippen LogP contribution in [-0.2, 0) is 4.79 Å². The van der Waals surface area contributed by atoms with Crippen molar-refractivity contribution in [2.45, 2.75) is 224 Å². The zero-order valence-electron chi connectivity index (χ0n) is 31.0. The summed E-state index contributed by atoms with van der Waals surface area (Å²) in [5.41, 5.74) is 0. The van der Waals surface area contributed by atoms with Crippen molar-refractivity contribution in [2.75, 3.05) is 6.61 Å². The molecule has 0 aromatic rings. The molecule has 6 heteroatoms. The molecule has 0 radical (unpaired) electrons. The molecule has 0 fully saturated rings. The van der Waals surface area contributed by atoms with E-state index in [1.165, 1.54) is 122 Å². The molecular weight excluding hydrogens is 586 g/mol. The summed E-state index contributed by atoms with van der Waals surface area (Å²) < 4.78 is 0. The molecule has 0 aromatic heterocycles. The first-order valence-electron chi connectivity index (χ1n) is 20.2. The molecular formula is C41H79NO5. The Bertz CT molecular complexity index is 712. The van der Waals surface area contributed by atoms with Gasteiger partial charge in [-0.25, -0.2) is 0 Å². The van der Waals surface area contributed by atoms with E-state index in [-0.39, 0.29) is 0 Å². The Morgan fingerprint density at radius 3 is 1.32 bits per heavy atom. The topological polar surface area (TPSA) is 110 Å². The molecule has 4 atom stereocenters. The third-order valence-corrected chi connectivity index (χ3v) is 9.39. The van der Waals surface area contributed by atoms with Gasteiger partial charge in [0.15, 0.2) is 0 Å². The number of aliphatic hydroxyl groups excluding tert-OH is 4. The molecule has 0 heterocycles. The van der Waals surface area contributed by atoms with Crippen molar-refractivity contribution in [1.82, 2.24) is 5.32 Å².